The number of aryl methyl sites for hydroxylation is 1. The average Bonchev–Trinajstić information content (AvgIpc) is 3.17. The Kier molecular flexibility index (Phi) is 3.76. The van der Waals surface area contributed by atoms with Crippen molar-refractivity contribution in [1.82, 2.24) is 15.2 Å². The molecule has 0 aromatic carbocycles. The zero-order valence-corrected chi connectivity index (χ0v) is 14.2. The van der Waals surface area contributed by atoms with Crippen LogP contribution in [0.4, 0.5) is 0 Å². The van der Waals surface area contributed by atoms with Gasteiger partial charge in [-0.3, -0.25) is 4.79 Å². The van der Waals surface area contributed by atoms with Crippen molar-refractivity contribution < 1.29 is 4.79 Å². The number of nitrogens with one attached hydrogen (secondary N) is 1. The van der Waals surface area contributed by atoms with Crippen LogP contribution in [0.1, 0.15) is 28.2 Å². The zero-order valence-electron chi connectivity index (χ0n) is 12.5. The number of rotatable bonds is 3. The van der Waals surface area contributed by atoms with Gasteiger partial charge in [0.25, 0.3) is 5.91 Å². The second-order valence-electron chi connectivity index (χ2n) is 6.18. The minimum Gasteiger partial charge on any atom is -0.347 e. The Morgan fingerprint density at radius 3 is 2.82 bits per heavy atom. The number of fused-ring (bicyclic) bond motifs is 3. The fraction of sp³-hybridized carbons (Fsp3) is 0.500. The van der Waals surface area contributed by atoms with Crippen LogP contribution in [0.15, 0.2) is 17.5 Å². The van der Waals surface area contributed by atoms with Crippen molar-refractivity contribution in [3.05, 3.63) is 28.1 Å². The lowest BCUT2D eigenvalue weighted by molar-refractivity contribution is 0.0622. The lowest BCUT2D eigenvalue weighted by Crippen LogP contribution is -2.57. The lowest BCUT2D eigenvalue weighted by Gasteiger charge is -2.44. The molecule has 4 nitrogen and oxygen atoms in total. The molecule has 22 heavy (non-hydrogen) atoms. The number of hydrogen-bond acceptors (Lipinski definition) is 5. The molecule has 3 aliphatic rings. The fourth-order valence-corrected chi connectivity index (χ4v) is 5.19. The van der Waals surface area contributed by atoms with Gasteiger partial charge in [0.15, 0.2) is 0 Å². The molecule has 2 aromatic heterocycles. The fourth-order valence-electron chi connectivity index (χ4n) is 3.41. The van der Waals surface area contributed by atoms with E-state index in [2.05, 4.69) is 15.2 Å². The molecule has 0 spiro atoms. The van der Waals surface area contributed by atoms with Gasteiger partial charge in [-0.2, -0.15) is 0 Å². The summed E-state index contributed by atoms with van der Waals surface area (Å²) in [4.78, 5) is 21.3. The van der Waals surface area contributed by atoms with Gasteiger partial charge in [0.2, 0.25) is 0 Å². The van der Waals surface area contributed by atoms with Gasteiger partial charge in [-0.05, 0) is 50.9 Å². The van der Waals surface area contributed by atoms with Crippen LogP contribution in [0.2, 0.25) is 0 Å². The number of aromatic nitrogens is 1. The van der Waals surface area contributed by atoms with E-state index >= 15 is 0 Å². The highest BCUT2D eigenvalue weighted by Crippen LogP contribution is 2.31. The molecule has 0 saturated carbocycles. The summed E-state index contributed by atoms with van der Waals surface area (Å²) in [6.45, 7) is 5.40. The van der Waals surface area contributed by atoms with E-state index < -0.39 is 0 Å². The molecular weight excluding hydrogens is 314 g/mol. The molecule has 5 heterocycles. The highest BCUT2D eigenvalue weighted by molar-refractivity contribution is 7.22. The van der Waals surface area contributed by atoms with Gasteiger partial charge in [-0.1, -0.05) is 0 Å². The number of thiazole rings is 1. The summed E-state index contributed by atoms with van der Waals surface area (Å²) in [7, 11) is 0. The standard InChI is InChI=1S/C16H19N3OS2/c1-10-9-21-16(17-10)14-3-2-13(22-14)15(20)18-12-8-19-6-4-11(12)5-7-19/h2-3,9,11-12H,4-8H2,1H3,(H,18,20)/t12-/m0/s1. The minimum absolute atomic E-state index is 0.0725. The minimum atomic E-state index is 0.0725. The predicted octanol–water partition coefficient (Wildman–Crippen LogP) is 3.00. The van der Waals surface area contributed by atoms with Crippen LogP contribution in [-0.2, 0) is 0 Å². The molecule has 116 valence electrons. The quantitative estimate of drug-likeness (QED) is 0.939. The Bertz CT molecular complexity index is 685. The number of carbonyl (C=O) groups is 1. The van der Waals surface area contributed by atoms with Crippen LogP contribution >= 0.6 is 22.7 Å². The van der Waals surface area contributed by atoms with Crippen molar-refractivity contribution in [3.63, 3.8) is 0 Å². The first-order valence-electron chi connectivity index (χ1n) is 7.74. The molecular formula is C16H19N3OS2. The third-order valence-electron chi connectivity index (χ3n) is 4.63. The number of thiophene rings is 1. The summed E-state index contributed by atoms with van der Waals surface area (Å²) >= 11 is 3.17. The first-order valence-corrected chi connectivity index (χ1v) is 9.44. The van der Waals surface area contributed by atoms with E-state index in [-0.39, 0.29) is 5.91 Å². The third-order valence-corrected chi connectivity index (χ3v) is 6.85. The highest BCUT2D eigenvalue weighted by Gasteiger charge is 2.35. The predicted molar refractivity (Wildman–Crippen MR) is 90.6 cm³/mol. The Balaban J connectivity index is 1.46. The van der Waals surface area contributed by atoms with Gasteiger partial charge in [0, 0.05) is 23.7 Å². The molecule has 2 bridgehead atoms. The maximum Gasteiger partial charge on any atom is 0.261 e. The molecule has 3 fully saturated rings. The van der Waals surface area contributed by atoms with Gasteiger partial charge < -0.3 is 10.2 Å². The van der Waals surface area contributed by atoms with Crippen molar-refractivity contribution in [2.24, 2.45) is 5.92 Å². The zero-order chi connectivity index (χ0) is 15.1. The molecule has 1 atom stereocenters. The molecule has 1 N–H and O–H groups in total. The number of amides is 1. The van der Waals surface area contributed by atoms with Crippen molar-refractivity contribution >= 4 is 28.6 Å². The largest absolute Gasteiger partial charge is 0.347 e. The second-order valence-corrected chi connectivity index (χ2v) is 8.12. The van der Waals surface area contributed by atoms with Gasteiger partial charge in [0.05, 0.1) is 9.75 Å². The molecule has 0 unspecified atom stereocenters. The first kappa shape index (κ1) is 14.4. The average molecular weight is 333 g/mol. The Morgan fingerprint density at radius 2 is 2.18 bits per heavy atom. The van der Waals surface area contributed by atoms with E-state index in [0.717, 1.165) is 27.0 Å². The summed E-state index contributed by atoms with van der Waals surface area (Å²) in [5.41, 5.74) is 1.03. The summed E-state index contributed by atoms with van der Waals surface area (Å²) in [5, 5.41) is 6.30. The van der Waals surface area contributed by atoms with Crippen LogP contribution < -0.4 is 5.32 Å². The monoisotopic (exact) mass is 333 g/mol. The van der Waals surface area contributed by atoms with Crippen LogP contribution in [0.5, 0.6) is 0 Å². The van der Waals surface area contributed by atoms with Crippen LogP contribution in [0, 0.1) is 12.8 Å². The molecule has 0 radical (unpaired) electrons. The topological polar surface area (TPSA) is 45.2 Å². The Hall–Kier alpha value is -1.24. The number of hydrogen-bond donors (Lipinski definition) is 1. The van der Waals surface area contributed by atoms with E-state index in [4.69, 9.17) is 0 Å². The van der Waals surface area contributed by atoms with Crippen molar-refractivity contribution in [1.29, 1.82) is 0 Å². The first-order chi connectivity index (χ1) is 10.7. The normalized spacial score (nSPS) is 27.0. The lowest BCUT2D eigenvalue weighted by atomic mass is 9.84. The number of nitrogens with zero attached hydrogens (tertiary/aromatic N) is 2. The summed E-state index contributed by atoms with van der Waals surface area (Å²) in [6, 6.07) is 4.25. The van der Waals surface area contributed by atoms with Crippen molar-refractivity contribution in [2.45, 2.75) is 25.8 Å². The Labute approximate surface area is 138 Å². The maximum atomic E-state index is 12.5. The molecule has 6 heteroatoms. The summed E-state index contributed by atoms with van der Waals surface area (Å²) in [6.07, 6.45) is 2.44. The molecule has 2 aromatic rings. The molecule has 1 amide bonds. The van der Waals surface area contributed by atoms with E-state index in [1.165, 1.54) is 37.3 Å². The SMILES string of the molecule is Cc1csc(-c2ccc(C(=O)N[C@H]3CN4CCC3CC4)s2)n1. The molecule has 0 aliphatic carbocycles. The molecule has 5 rings (SSSR count). The van der Waals surface area contributed by atoms with E-state index in [1.807, 2.05) is 24.4 Å². The van der Waals surface area contributed by atoms with Crippen LogP contribution in [-0.4, -0.2) is 41.5 Å². The second kappa shape index (κ2) is 5.76. The maximum absolute atomic E-state index is 12.5. The van der Waals surface area contributed by atoms with Crippen LogP contribution in [0.3, 0.4) is 0 Å². The Morgan fingerprint density at radius 1 is 1.36 bits per heavy atom. The molecule has 3 aliphatic heterocycles. The summed E-state index contributed by atoms with van der Waals surface area (Å²) in [5.74, 6) is 0.735. The summed E-state index contributed by atoms with van der Waals surface area (Å²) < 4.78 is 0. The van der Waals surface area contributed by atoms with Gasteiger partial charge in [-0.15, -0.1) is 22.7 Å². The van der Waals surface area contributed by atoms with Gasteiger partial charge >= 0.3 is 0 Å². The van der Waals surface area contributed by atoms with E-state index in [1.54, 1.807) is 11.3 Å². The van der Waals surface area contributed by atoms with Crippen molar-refractivity contribution in [2.75, 3.05) is 19.6 Å². The third kappa shape index (κ3) is 2.71. The van der Waals surface area contributed by atoms with E-state index in [9.17, 15) is 4.79 Å². The van der Waals surface area contributed by atoms with Crippen molar-refractivity contribution in [3.8, 4) is 9.88 Å². The number of piperidine rings is 3. The van der Waals surface area contributed by atoms with Crippen LogP contribution in [0.25, 0.3) is 9.88 Å². The highest BCUT2D eigenvalue weighted by atomic mass is 32.1. The number of carbonyl (C=O) groups excluding carboxylic acids is 1. The van der Waals surface area contributed by atoms with Gasteiger partial charge in [-0.25, -0.2) is 4.98 Å². The van der Waals surface area contributed by atoms with Gasteiger partial charge in [0.1, 0.15) is 5.01 Å². The smallest absolute Gasteiger partial charge is 0.261 e. The van der Waals surface area contributed by atoms with E-state index in [0.29, 0.717) is 12.0 Å². The molecule has 3 saturated heterocycles.